The average Bonchev–Trinajstić information content (AvgIpc) is 2.41. The number of anilines is 1. The molecule has 0 spiro atoms. The molecule has 0 saturated carbocycles. The van der Waals surface area contributed by atoms with Gasteiger partial charge in [-0.25, -0.2) is 9.18 Å². The van der Waals surface area contributed by atoms with Crippen LogP contribution in [0.2, 0.25) is 5.02 Å². The number of urea groups is 1. The molecule has 0 bridgehead atoms. The Morgan fingerprint density at radius 2 is 1.95 bits per heavy atom. The van der Waals surface area contributed by atoms with Crippen LogP contribution in [0.25, 0.3) is 0 Å². The van der Waals surface area contributed by atoms with Crippen LogP contribution in [-0.4, -0.2) is 12.6 Å². The molecule has 2 aromatic carbocycles. The van der Waals surface area contributed by atoms with E-state index in [2.05, 4.69) is 10.6 Å². The van der Waals surface area contributed by atoms with Crippen LogP contribution < -0.4 is 10.6 Å². The molecule has 3 nitrogen and oxygen atoms in total. The first-order valence-corrected chi connectivity index (χ1v) is 6.57. The summed E-state index contributed by atoms with van der Waals surface area (Å²) in [6.45, 7) is 0.445. The topological polar surface area (TPSA) is 41.1 Å². The second kappa shape index (κ2) is 6.91. The molecule has 2 N–H and O–H groups in total. The third kappa shape index (κ3) is 4.24. The average molecular weight is 293 g/mol. The standard InChI is InChI=1S/C15H14ClFN2O/c16-12-5-3-4-11(10-12)8-9-18-15(20)19-14-7-2-1-6-13(14)17/h1-7,10H,8-9H2,(H2,18,19,20). The molecule has 0 saturated heterocycles. The summed E-state index contributed by atoms with van der Waals surface area (Å²) in [5.41, 5.74) is 1.19. The molecule has 5 heteroatoms. The lowest BCUT2D eigenvalue weighted by Crippen LogP contribution is -2.30. The van der Waals surface area contributed by atoms with Gasteiger partial charge in [0.15, 0.2) is 0 Å². The van der Waals surface area contributed by atoms with Crippen LogP contribution in [0.5, 0.6) is 0 Å². The van der Waals surface area contributed by atoms with Crippen LogP contribution in [0, 0.1) is 5.82 Å². The highest BCUT2D eigenvalue weighted by Gasteiger charge is 2.05. The van der Waals surface area contributed by atoms with Crippen molar-refractivity contribution >= 4 is 23.3 Å². The minimum absolute atomic E-state index is 0.160. The minimum Gasteiger partial charge on any atom is -0.338 e. The highest BCUT2D eigenvalue weighted by molar-refractivity contribution is 6.30. The lowest BCUT2D eigenvalue weighted by atomic mass is 10.1. The van der Waals surface area contributed by atoms with Gasteiger partial charge in [0.05, 0.1) is 5.69 Å². The Balaban J connectivity index is 1.80. The summed E-state index contributed by atoms with van der Waals surface area (Å²) in [7, 11) is 0. The number of hydrogen-bond donors (Lipinski definition) is 2. The molecular weight excluding hydrogens is 279 g/mol. The van der Waals surface area contributed by atoms with Crippen molar-refractivity contribution in [3.63, 3.8) is 0 Å². The van der Waals surface area contributed by atoms with Gasteiger partial charge in [-0.3, -0.25) is 0 Å². The van der Waals surface area contributed by atoms with E-state index in [0.717, 1.165) is 5.56 Å². The van der Waals surface area contributed by atoms with Crippen molar-refractivity contribution in [2.75, 3.05) is 11.9 Å². The summed E-state index contributed by atoms with van der Waals surface area (Å²) in [6, 6.07) is 13.0. The smallest absolute Gasteiger partial charge is 0.319 e. The maximum absolute atomic E-state index is 13.3. The highest BCUT2D eigenvalue weighted by Crippen LogP contribution is 2.12. The van der Waals surface area contributed by atoms with E-state index >= 15 is 0 Å². The van der Waals surface area contributed by atoms with Crippen molar-refractivity contribution in [1.82, 2.24) is 5.32 Å². The Morgan fingerprint density at radius 1 is 1.15 bits per heavy atom. The molecule has 0 fully saturated rings. The van der Waals surface area contributed by atoms with Gasteiger partial charge in [-0.2, -0.15) is 0 Å². The van der Waals surface area contributed by atoms with Crippen molar-refractivity contribution in [1.29, 1.82) is 0 Å². The first kappa shape index (κ1) is 14.3. The van der Waals surface area contributed by atoms with Gasteiger partial charge in [-0.1, -0.05) is 35.9 Å². The molecule has 0 aliphatic rings. The number of carbonyl (C=O) groups excluding carboxylic acids is 1. The predicted molar refractivity (Wildman–Crippen MR) is 78.6 cm³/mol. The van der Waals surface area contributed by atoms with Gasteiger partial charge >= 0.3 is 6.03 Å². The number of nitrogens with one attached hydrogen (secondary N) is 2. The number of benzene rings is 2. The maximum Gasteiger partial charge on any atom is 0.319 e. The van der Waals surface area contributed by atoms with E-state index in [0.29, 0.717) is 18.0 Å². The highest BCUT2D eigenvalue weighted by atomic mass is 35.5. The predicted octanol–water partition coefficient (Wildman–Crippen LogP) is 3.84. The number of para-hydroxylation sites is 1. The van der Waals surface area contributed by atoms with E-state index in [1.54, 1.807) is 18.2 Å². The first-order chi connectivity index (χ1) is 9.65. The molecule has 2 amide bonds. The summed E-state index contributed by atoms with van der Waals surface area (Å²) in [6.07, 6.45) is 0.658. The van der Waals surface area contributed by atoms with E-state index in [4.69, 9.17) is 11.6 Å². The van der Waals surface area contributed by atoms with Crippen LogP contribution in [0.15, 0.2) is 48.5 Å². The minimum atomic E-state index is -0.461. The van der Waals surface area contributed by atoms with Gasteiger partial charge in [0, 0.05) is 11.6 Å². The molecule has 0 radical (unpaired) electrons. The Kier molecular flexibility index (Phi) is 4.96. The molecule has 104 valence electrons. The van der Waals surface area contributed by atoms with Crippen molar-refractivity contribution < 1.29 is 9.18 Å². The first-order valence-electron chi connectivity index (χ1n) is 6.19. The fourth-order valence-electron chi connectivity index (χ4n) is 1.74. The second-order valence-electron chi connectivity index (χ2n) is 4.24. The molecule has 0 aromatic heterocycles. The van der Waals surface area contributed by atoms with Gasteiger partial charge < -0.3 is 10.6 Å². The Bertz CT molecular complexity index is 604. The molecule has 0 atom stereocenters. The van der Waals surface area contributed by atoms with Crippen LogP contribution in [0.3, 0.4) is 0 Å². The van der Waals surface area contributed by atoms with Gasteiger partial charge in [0.25, 0.3) is 0 Å². The molecule has 0 heterocycles. The van der Waals surface area contributed by atoms with Crippen molar-refractivity contribution in [2.24, 2.45) is 0 Å². The van der Waals surface area contributed by atoms with E-state index in [1.165, 1.54) is 12.1 Å². The largest absolute Gasteiger partial charge is 0.338 e. The number of carbonyl (C=O) groups is 1. The normalized spacial score (nSPS) is 10.1. The lowest BCUT2D eigenvalue weighted by molar-refractivity contribution is 0.252. The van der Waals surface area contributed by atoms with Crippen LogP contribution in [-0.2, 0) is 6.42 Å². The van der Waals surface area contributed by atoms with E-state index in [-0.39, 0.29) is 5.69 Å². The SMILES string of the molecule is O=C(NCCc1cccc(Cl)c1)Nc1ccccc1F. The zero-order valence-corrected chi connectivity index (χ0v) is 11.5. The van der Waals surface area contributed by atoms with Crippen molar-refractivity contribution in [3.05, 3.63) is 64.9 Å². The fourth-order valence-corrected chi connectivity index (χ4v) is 1.95. The van der Waals surface area contributed by atoms with E-state index < -0.39 is 11.8 Å². The van der Waals surface area contributed by atoms with Crippen LogP contribution in [0.1, 0.15) is 5.56 Å². The molecule has 2 rings (SSSR count). The maximum atomic E-state index is 13.3. The summed E-state index contributed by atoms with van der Waals surface area (Å²) >= 11 is 5.87. The van der Waals surface area contributed by atoms with Gasteiger partial charge in [0.1, 0.15) is 5.82 Å². The summed E-state index contributed by atoms with van der Waals surface area (Å²) in [4.78, 5) is 11.6. The van der Waals surface area contributed by atoms with Gasteiger partial charge in [-0.15, -0.1) is 0 Å². The number of halogens is 2. The van der Waals surface area contributed by atoms with E-state index in [1.807, 2.05) is 18.2 Å². The van der Waals surface area contributed by atoms with Crippen molar-refractivity contribution in [3.8, 4) is 0 Å². The number of rotatable bonds is 4. The van der Waals surface area contributed by atoms with Crippen LogP contribution >= 0.6 is 11.6 Å². The number of amides is 2. The Morgan fingerprint density at radius 3 is 2.70 bits per heavy atom. The van der Waals surface area contributed by atoms with Crippen molar-refractivity contribution in [2.45, 2.75) is 6.42 Å². The Labute approximate surface area is 121 Å². The zero-order chi connectivity index (χ0) is 14.4. The van der Waals surface area contributed by atoms with Gasteiger partial charge in [0.2, 0.25) is 0 Å². The summed E-state index contributed by atoms with van der Waals surface area (Å²) in [5, 5.41) is 5.79. The summed E-state index contributed by atoms with van der Waals surface area (Å²) < 4.78 is 13.3. The quantitative estimate of drug-likeness (QED) is 0.883. The number of hydrogen-bond acceptors (Lipinski definition) is 1. The zero-order valence-electron chi connectivity index (χ0n) is 10.7. The Hall–Kier alpha value is -2.07. The molecule has 20 heavy (non-hydrogen) atoms. The second-order valence-corrected chi connectivity index (χ2v) is 4.68. The molecular formula is C15H14ClFN2O. The third-order valence-corrected chi connectivity index (χ3v) is 2.95. The van der Waals surface area contributed by atoms with Gasteiger partial charge in [-0.05, 0) is 36.2 Å². The molecule has 0 aliphatic carbocycles. The summed E-state index contributed by atoms with van der Waals surface area (Å²) in [5.74, 6) is -0.461. The third-order valence-electron chi connectivity index (χ3n) is 2.71. The van der Waals surface area contributed by atoms with Crippen LogP contribution in [0.4, 0.5) is 14.9 Å². The molecule has 0 aliphatic heterocycles. The monoisotopic (exact) mass is 292 g/mol. The fraction of sp³-hybridized carbons (Fsp3) is 0.133. The van der Waals surface area contributed by atoms with E-state index in [9.17, 15) is 9.18 Å². The molecule has 2 aromatic rings. The lowest BCUT2D eigenvalue weighted by Gasteiger charge is -2.08. The molecule has 0 unspecified atom stereocenters.